The zero-order valence-electron chi connectivity index (χ0n) is 14.8. The van der Waals surface area contributed by atoms with E-state index in [1.807, 2.05) is 0 Å². The van der Waals surface area contributed by atoms with Gasteiger partial charge in [-0.25, -0.2) is 4.39 Å². The molecule has 1 aromatic heterocycles. The monoisotopic (exact) mass is 415 g/mol. The molecule has 1 fully saturated rings. The number of amides is 1. The lowest BCUT2D eigenvalue weighted by atomic mass is 10.2. The first-order valence-corrected chi connectivity index (χ1v) is 9.18. The van der Waals surface area contributed by atoms with Gasteiger partial charge < -0.3 is 5.32 Å². The average molecular weight is 416 g/mol. The molecule has 4 nitrogen and oxygen atoms in total. The number of nitrogens with one attached hydrogen (secondary N) is 1. The maximum Gasteiger partial charge on any atom is 0.436 e. The van der Waals surface area contributed by atoms with E-state index in [2.05, 4.69) is 10.4 Å². The first kappa shape index (κ1) is 20.4. The summed E-state index contributed by atoms with van der Waals surface area (Å²) in [6.45, 7) is 0.499. The Morgan fingerprint density at radius 3 is 2.57 bits per heavy atom. The van der Waals surface area contributed by atoms with Crippen LogP contribution in [0.4, 0.5) is 17.6 Å². The van der Waals surface area contributed by atoms with Crippen LogP contribution in [0.25, 0.3) is 6.08 Å². The summed E-state index contributed by atoms with van der Waals surface area (Å²) in [6, 6.07) is 5.66. The summed E-state index contributed by atoms with van der Waals surface area (Å²) in [5, 5.41) is 5.98. The molecule has 3 rings (SSSR count). The Balaban J connectivity index is 1.52. The molecule has 1 N–H and O–H groups in total. The van der Waals surface area contributed by atoms with Crippen LogP contribution < -0.4 is 5.32 Å². The highest BCUT2D eigenvalue weighted by atomic mass is 35.5. The Morgan fingerprint density at radius 1 is 1.29 bits per heavy atom. The van der Waals surface area contributed by atoms with Crippen LogP contribution in [0.3, 0.4) is 0 Å². The van der Waals surface area contributed by atoms with Gasteiger partial charge in [0, 0.05) is 25.1 Å². The van der Waals surface area contributed by atoms with E-state index >= 15 is 0 Å². The number of rotatable bonds is 7. The lowest BCUT2D eigenvalue weighted by Crippen LogP contribution is -2.23. The lowest BCUT2D eigenvalue weighted by Gasteiger charge is -2.07. The largest absolute Gasteiger partial charge is 0.436 e. The topological polar surface area (TPSA) is 46.9 Å². The van der Waals surface area contributed by atoms with Gasteiger partial charge in [-0.05, 0) is 43.0 Å². The van der Waals surface area contributed by atoms with Gasteiger partial charge >= 0.3 is 6.18 Å². The molecule has 0 saturated heterocycles. The van der Waals surface area contributed by atoms with Gasteiger partial charge in [0.25, 0.3) is 0 Å². The van der Waals surface area contributed by atoms with Crippen molar-refractivity contribution >= 4 is 23.6 Å². The highest BCUT2D eigenvalue weighted by Gasteiger charge is 2.41. The Labute approximate surface area is 164 Å². The molecule has 0 spiro atoms. The molecule has 150 valence electrons. The second-order valence-corrected chi connectivity index (χ2v) is 6.95. The van der Waals surface area contributed by atoms with Gasteiger partial charge in [-0.1, -0.05) is 23.7 Å². The fraction of sp³-hybridized carbons (Fsp3) is 0.368. The Hall–Kier alpha value is -2.35. The fourth-order valence-electron chi connectivity index (χ4n) is 2.80. The average Bonchev–Trinajstić information content (AvgIpc) is 3.40. The second kappa shape index (κ2) is 8.34. The summed E-state index contributed by atoms with van der Waals surface area (Å²) >= 11 is 5.92. The quantitative estimate of drug-likeness (QED) is 0.401. The minimum atomic E-state index is -4.59. The summed E-state index contributed by atoms with van der Waals surface area (Å²) in [5.74, 6) is -0.690. The van der Waals surface area contributed by atoms with Gasteiger partial charge in [0.2, 0.25) is 5.91 Å². The normalized spacial score (nSPS) is 14.6. The molecule has 2 aromatic rings. The number of carbonyl (C=O) groups excluding carboxylic acids is 1. The number of halogens is 5. The summed E-state index contributed by atoms with van der Waals surface area (Å²) in [5.41, 5.74) is 0.0512. The molecule has 0 radical (unpaired) electrons. The molecular formula is C19H18ClF4N3O. The van der Waals surface area contributed by atoms with Crippen molar-refractivity contribution in [1.82, 2.24) is 15.1 Å². The Bertz CT molecular complexity index is 871. The third-order valence-corrected chi connectivity index (χ3v) is 4.68. The smallest absolute Gasteiger partial charge is 0.352 e. The maximum atomic E-state index is 13.0. The fourth-order valence-corrected chi connectivity index (χ4v) is 3.19. The number of hydrogen-bond donors (Lipinski definition) is 1. The number of carbonyl (C=O) groups is 1. The lowest BCUT2D eigenvalue weighted by molar-refractivity contribution is -0.141. The van der Waals surface area contributed by atoms with Gasteiger partial charge in [-0.3, -0.25) is 9.48 Å². The van der Waals surface area contributed by atoms with Crippen LogP contribution >= 0.6 is 11.6 Å². The van der Waals surface area contributed by atoms with Crippen molar-refractivity contribution in [2.75, 3.05) is 6.54 Å². The van der Waals surface area contributed by atoms with Gasteiger partial charge in [0.05, 0.1) is 10.7 Å². The van der Waals surface area contributed by atoms with Crippen molar-refractivity contribution in [3.63, 3.8) is 0 Å². The van der Waals surface area contributed by atoms with E-state index in [9.17, 15) is 22.4 Å². The molecule has 1 heterocycles. The first-order valence-electron chi connectivity index (χ1n) is 8.80. The van der Waals surface area contributed by atoms with Crippen LogP contribution in [0, 0.1) is 5.82 Å². The van der Waals surface area contributed by atoms with E-state index in [1.165, 1.54) is 35.0 Å². The molecule has 0 atom stereocenters. The van der Waals surface area contributed by atoms with Crippen LogP contribution in [0.15, 0.2) is 30.3 Å². The van der Waals surface area contributed by atoms with E-state index in [-0.39, 0.29) is 35.8 Å². The molecule has 0 bridgehead atoms. The molecule has 0 unspecified atom stereocenters. The van der Waals surface area contributed by atoms with Gasteiger partial charge in [0.15, 0.2) is 5.69 Å². The van der Waals surface area contributed by atoms with Gasteiger partial charge in [0.1, 0.15) is 5.82 Å². The van der Waals surface area contributed by atoms with Crippen LogP contribution in [0.5, 0.6) is 0 Å². The standard InChI is InChI=1S/C19H18ClF4N3O/c20-16-17(13-5-6-13)27(26-18(16)19(22,23)24)11-1-10-25-15(28)9-4-12-2-7-14(21)8-3-12/h2-4,7-9,13H,1,5-6,10-11H2,(H,25,28)/b9-4+. The summed E-state index contributed by atoms with van der Waals surface area (Å²) < 4.78 is 53.2. The van der Waals surface area contributed by atoms with Crippen molar-refractivity contribution < 1.29 is 22.4 Å². The first-order chi connectivity index (χ1) is 13.3. The predicted molar refractivity (Wildman–Crippen MR) is 97.3 cm³/mol. The van der Waals surface area contributed by atoms with Crippen LogP contribution in [0.1, 0.15) is 42.1 Å². The number of hydrogen-bond acceptors (Lipinski definition) is 2. The molecule has 9 heteroatoms. The summed E-state index contributed by atoms with van der Waals surface area (Å²) in [7, 11) is 0. The summed E-state index contributed by atoms with van der Waals surface area (Å²) in [6.07, 6.45) is 0.274. The molecule has 1 aromatic carbocycles. The summed E-state index contributed by atoms with van der Waals surface area (Å²) in [4.78, 5) is 11.8. The highest BCUT2D eigenvalue weighted by Crippen LogP contribution is 2.46. The minimum absolute atomic E-state index is 0.0179. The van der Waals surface area contributed by atoms with Crippen LogP contribution in [-0.4, -0.2) is 22.2 Å². The number of nitrogens with zero attached hydrogens (tertiary/aromatic N) is 2. The highest BCUT2D eigenvalue weighted by molar-refractivity contribution is 6.32. The molecule has 0 aliphatic heterocycles. The molecule has 1 aliphatic carbocycles. The molecule has 1 saturated carbocycles. The van der Waals surface area contributed by atoms with Crippen LogP contribution in [-0.2, 0) is 17.5 Å². The van der Waals surface area contributed by atoms with Crippen molar-refractivity contribution in [3.8, 4) is 0 Å². The second-order valence-electron chi connectivity index (χ2n) is 6.57. The third kappa shape index (κ3) is 5.13. The van der Waals surface area contributed by atoms with E-state index in [0.717, 1.165) is 12.8 Å². The van der Waals surface area contributed by atoms with Gasteiger partial charge in [-0.2, -0.15) is 18.3 Å². The Kier molecular flexibility index (Phi) is 6.07. The number of benzene rings is 1. The van der Waals surface area contributed by atoms with E-state index in [0.29, 0.717) is 17.7 Å². The predicted octanol–water partition coefficient (Wildman–Crippen LogP) is 4.79. The molecular weight excluding hydrogens is 398 g/mol. The van der Waals surface area contributed by atoms with Crippen molar-refractivity contribution in [2.24, 2.45) is 0 Å². The zero-order valence-corrected chi connectivity index (χ0v) is 15.5. The maximum absolute atomic E-state index is 13.0. The van der Waals surface area contributed by atoms with Crippen molar-refractivity contribution in [3.05, 3.63) is 58.1 Å². The van der Waals surface area contributed by atoms with E-state index in [1.54, 1.807) is 6.08 Å². The minimum Gasteiger partial charge on any atom is -0.352 e. The SMILES string of the molecule is O=C(/C=C/c1ccc(F)cc1)NCCCn1nc(C(F)(F)F)c(Cl)c1C1CC1. The number of aromatic nitrogens is 2. The van der Waals surface area contributed by atoms with Gasteiger partial charge in [-0.15, -0.1) is 0 Å². The van der Waals surface area contributed by atoms with E-state index in [4.69, 9.17) is 11.6 Å². The number of aryl methyl sites for hydroxylation is 1. The van der Waals surface area contributed by atoms with Crippen molar-refractivity contribution in [1.29, 1.82) is 0 Å². The molecule has 28 heavy (non-hydrogen) atoms. The van der Waals surface area contributed by atoms with E-state index < -0.39 is 11.9 Å². The molecule has 1 aliphatic rings. The van der Waals surface area contributed by atoms with Crippen molar-refractivity contribution in [2.45, 2.75) is 37.9 Å². The van der Waals surface area contributed by atoms with Crippen LogP contribution in [0.2, 0.25) is 5.02 Å². The third-order valence-electron chi connectivity index (χ3n) is 4.31. The zero-order chi connectivity index (χ0) is 20.3. The molecule has 1 amide bonds. The number of alkyl halides is 3. The Morgan fingerprint density at radius 2 is 1.96 bits per heavy atom.